The van der Waals surface area contributed by atoms with E-state index in [4.69, 9.17) is 9.57 Å². The van der Waals surface area contributed by atoms with Crippen LogP contribution in [0.25, 0.3) is 0 Å². The highest BCUT2D eigenvalue weighted by molar-refractivity contribution is 9.10. The van der Waals surface area contributed by atoms with Crippen molar-refractivity contribution in [2.45, 2.75) is 12.5 Å². The van der Waals surface area contributed by atoms with Crippen molar-refractivity contribution in [2.24, 2.45) is 0 Å². The Morgan fingerprint density at radius 3 is 3.21 bits per heavy atom. The molecule has 0 saturated carbocycles. The normalized spacial score (nSPS) is 20.0. The molecule has 1 heterocycles. The summed E-state index contributed by atoms with van der Waals surface area (Å²) in [6, 6.07) is 6.24. The molecule has 0 amide bonds. The van der Waals surface area contributed by atoms with E-state index in [0.29, 0.717) is 0 Å². The van der Waals surface area contributed by atoms with Crippen molar-refractivity contribution in [3.63, 3.8) is 0 Å². The SMILES string of the molecule is CONC1CCOc2ccc(Br)cc21. The first-order chi connectivity index (χ1) is 6.81. The molecule has 76 valence electrons. The fraction of sp³-hybridized carbons (Fsp3) is 0.400. The van der Waals surface area contributed by atoms with Gasteiger partial charge < -0.3 is 9.57 Å². The molecule has 0 bridgehead atoms. The molecule has 0 aromatic heterocycles. The van der Waals surface area contributed by atoms with E-state index in [2.05, 4.69) is 27.5 Å². The number of nitrogens with one attached hydrogen (secondary N) is 1. The van der Waals surface area contributed by atoms with Crippen LogP contribution >= 0.6 is 15.9 Å². The van der Waals surface area contributed by atoms with Crippen LogP contribution in [0.1, 0.15) is 18.0 Å². The molecule has 1 atom stereocenters. The van der Waals surface area contributed by atoms with Gasteiger partial charge in [-0.15, -0.1) is 0 Å². The van der Waals surface area contributed by atoms with Gasteiger partial charge in [-0.3, -0.25) is 0 Å². The molecule has 4 heteroatoms. The summed E-state index contributed by atoms with van der Waals surface area (Å²) in [5, 5.41) is 0. The van der Waals surface area contributed by atoms with E-state index < -0.39 is 0 Å². The fourth-order valence-corrected chi connectivity index (χ4v) is 2.01. The van der Waals surface area contributed by atoms with Crippen molar-refractivity contribution in [1.29, 1.82) is 0 Å². The Balaban J connectivity index is 2.32. The van der Waals surface area contributed by atoms with Gasteiger partial charge in [0.15, 0.2) is 0 Å². The molecule has 1 aromatic rings. The highest BCUT2D eigenvalue weighted by Gasteiger charge is 2.21. The molecule has 0 aliphatic carbocycles. The number of halogens is 1. The van der Waals surface area contributed by atoms with E-state index in [-0.39, 0.29) is 6.04 Å². The van der Waals surface area contributed by atoms with Gasteiger partial charge in [-0.2, -0.15) is 5.48 Å². The lowest BCUT2D eigenvalue weighted by Gasteiger charge is -2.25. The van der Waals surface area contributed by atoms with Gasteiger partial charge in [0, 0.05) is 16.5 Å². The second kappa shape index (κ2) is 4.29. The van der Waals surface area contributed by atoms with E-state index in [9.17, 15) is 0 Å². The average molecular weight is 258 g/mol. The smallest absolute Gasteiger partial charge is 0.124 e. The summed E-state index contributed by atoms with van der Waals surface area (Å²) in [5.41, 5.74) is 4.11. The van der Waals surface area contributed by atoms with Crippen molar-refractivity contribution in [3.8, 4) is 5.75 Å². The van der Waals surface area contributed by atoms with Gasteiger partial charge in [0.2, 0.25) is 0 Å². The summed E-state index contributed by atoms with van der Waals surface area (Å²) in [7, 11) is 1.63. The first-order valence-electron chi connectivity index (χ1n) is 4.52. The zero-order valence-corrected chi connectivity index (χ0v) is 9.50. The zero-order valence-electron chi connectivity index (χ0n) is 7.92. The summed E-state index contributed by atoms with van der Waals surface area (Å²) in [6.45, 7) is 0.732. The number of hydroxylamine groups is 1. The molecular formula is C10H12BrNO2. The second-order valence-electron chi connectivity index (χ2n) is 3.19. The van der Waals surface area contributed by atoms with E-state index in [1.807, 2.05) is 12.1 Å². The average Bonchev–Trinajstić information content (AvgIpc) is 2.19. The first kappa shape index (κ1) is 9.96. The van der Waals surface area contributed by atoms with E-state index >= 15 is 0 Å². The van der Waals surface area contributed by atoms with Crippen molar-refractivity contribution in [1.82, 2.24) is 5.48 Å². The van der Waals surface area contributed by atoms with Crippen LogP contribution in [0.5, 0.6) is 5.75 Å². The molecule has 0 saturated heterocycles. The van der Waals surface area contributed by atoms with Gasteiger partial charge in [0.05, 0.1) is 19.8 Å². The standard InChI is InChI=1S/C10H12BrNO2/c1-13-12-9-4-5-14-10-3-2-7(11)6-8(9)10/h2-3,6,9,12H,4-5H2,1H3. The van der Waals surface area contributed by atoms with Crippen molar-refractivity contribution in [2.75, 3.05) is 13.7 Å². The van der Waals surface area contributed by atoms with E-state index in [1.54, 1.807) is 7.11 Å². The molecule has 0 radical (unpaired) electrons. The minimum absolute atomic E-state index is 0.223. The van der Waals surface area contributed by atoms with Gasteiger partial charge in [-0.25, -0.2) is 0 Å². The minimum Gasteiger partial charge on any atom is -0.493 e. The van der Waals surface area contributed by atoms with Gasteiger partial charge in [0.1, 0.15) is 5.75 Å². The highest BCUT2D eigenvalue weighted by atomic mass is 79.9. The van der Waals surface area contributed by atoms with Crippen LogP contribution in [0.4, 0.5) is 0 Å². The Morgan fingerprint density at radius 1 is 1.57 bits per heavy atom. The molecule has 1 aliphatic heterocycles. The number of ether oxygens (including phenoxy) is 1. The number of benzene rings is 1. The second-order valence-corrected chi connectivity index (χ2v) is 4.11. The summed E-state index contributed by atoms with van der Waals surface area (Å²) in [6.07, 6.45) is 0.928. The Labute approximate surface area is 91.5 Å². The first-order valence-corrected chi connectivity index (χ1v) is 5.31. The predicted octanol–water partition coefficient (Wildman–Crippen LogP) is 2.42. The lowest BCUT2D eigenvalue weighted by molar-refractivity contribution is 0.0463. The number of hydrogen-bond acceptors (Lipinski definition) is 3. The largest absolute Gasteiger partial charge is 0.493 e. The Bertz CT molecular complexity index is 330. The zero-order chi connectivity index (χ0) is 9.97. The Kier molecular flexibility index (Phi) is 3.05. The molecule has 1 N–H and O–H groups in total. The van der Waals surface area contributed by atoms with Gasteiger partial charge >= 0.3 is 0 Å². The maximum atomic E-state index is 5.54. The quantitative estimate of drug-likeness (QED) is 0.826. The number of fused-ring (bicyclic) bond motifs is 1. The number of hydrogen-bond donors (Lipinski definition) is 1. The summed E-state index contributed by atoms with van der Waals surface area (Å²) >= 11 is 3.44. The van der Waals surface area contributed by atoms with Crippen LogP contribution in [0.2, 0.25) is 0 Å². The van der Waals surface area contributed by atoms with E-state index in [1.165, 1.54) is 0 Å². The van der Waals surface area contributed by atoms with Gasteiger partial charge in [0.25, 0.3) is 0 Å². The predicted molar refractivity (Wildman–Crippen MR) is 57.1 cm³/mol. The number of rotatable bonds is 2. The minimum atomic E-state index is 0.223. The molecule has 14 heavy (non-hydrogen) atoms. The maximum Gasteiger partial charge on any atom is 0.124 e. The van der Waals surface area contributed by atoms with Crippen LogP contribution in [0.3, 0.4) is 0 Å². The van der Waals surface area contributed by atoms with Crippen LogP contribution in [-0.2, 0) is 4.84 Å². The summed E-state index contributed by atoms with van der Waals surface area (Å²) in [4.78, 5) is 4.96. The molecule has 3 nitrogen and oxygen atoms in total. The molecule has 2 rings (SSSR count). The maximum absolute atomic E-state index is 5.54. The lowest BCUT2D eigenvalue weighted by atomic mass is 10.0. The molecule has 1 aliphatic rings. The lowest BCUT2D eigenvalue weighted by Crippen LogP contribution is -2.26. The Hall–Kier alpha value is -0.580. The van der Waals surface area contributed by atoms with Crippen molar-refractivity contribution < 1.29 is 9.57 Å². The summed E-state index contributed by atoms with van der Waals surface area (Å²) in [5.74, 6) is 0.939. The topological polar surface area (TPSA) is 30.5 Å². The van der Waals surface area contributed by atoms with Crippen molar-refractivity contribution in [3.05, 3.63) is 28.2 Å². The Morgan fingerprint density at radius 2 is 2.43 bits per heavy atom. The molecule has 1 aromatic carbocycles. The molecule has 0 fully saturated rings. The van der Waals surface area contributed by atoms with Crippen LogP contribution in [0, 0.1) is 0 Å². The third-order valence-corrected chi connectivity index (χ3v) is 2.76. The third kappa shape index (κ3) is 1.92. The van der Waals surface area contributed by atoms with Crippen LogP contribution in [0.15, 0.2) is 22.7 Å². The molecular weight excluding hydrogens is 246 g/mol. The van der Waals surface area contributed by atoms with Gasteiger partial charge in [-0.1, -0.05) is 15.9 Å². The third-order valence-electron chi connectivity index (χ3n) is 2.27. The van der Waals surface area contributed by atoms with Crippen molar-refractivity contribution >= 4 is 15.9 Å². The molecule has 0 spiro atoms. The summed E-state index contributed by atoms with van der Waals surface area (Å²) < 4.78 is 6.60. The van der Waals surface area contributed by atoms with Crippen LogP contribution in [-0.4, -0.2) is 13.7 Å². The monoisotopic (exact) mass is 257 g/mol. The van der Waals surface area contributed by atoms with Gasteiger partial charge in [-0.05, 0) is 18.2 Å². The highest BCUT2D eigenvalue weighted by Crippen LogP contribution is 2.33. The van der Waals surface area contributed by atoms with E-state index in [0.717, 1.165) is 28.8 Å². The fourth-order valence-electron chi connectivity index (χ4n) is 1.63. The molecule has 1 unspecified atom stereocenters. The van der Waals surface area contributed by atoms with Crippen LogP contribution < -0.4 is 10.2 Å².